The van der Waals surface area contributed by atoms with Gasteiger partial charge in [-0.25, -0.2) is 18.6 Å². The van der Waals surface area contributed by atoms with Gasteiger partial charge >= 0.3 is 0 Å². The van der Waals surface area contributed by atoms with Gasteiger partial charge in [0.2, 0.25) is 12.7 Å². The van der Waals surface area contributed by atoms with Gasteiger partial charge in [-0.15, -0.1) is 0 Å². The molecule has 0 amide bonds. The molecule has 0 unspecified atom stereocenters. The Bertz CT molecular complexity index is 641. The second-order valence-electron chi connectivity index (χ2n) is 6.46. The summed E-state index contributed by atoms with van der Waals surface area (Å²) in [5.41, 5.74) is 3.54. The molecular weight excluding hydrogens is 280 g/mol. The van der Waals surface area contributed by atoms with Crippen molar-refractivity contribution in [3.05, 3.63) is 45.8 Å². The normalized spacial score (nSPS) is 22.2. The van der Waals surface area contributed by atoms with Crippen molar-refractivity contribution < 1.29 is 9.46 Å². The molecule has 0 N–H and O–H groups in total. The molecule has 2 atom stereocenters. The smallest absolute Gasteiger partial charge is 0.247 e. The van der Waals surface area contributed by atoms with Gasteiger partial charge in [-0.2, -0.15) is 0 Å². The van der Waals surface area contributed by atoms with Crippen LogP contribution < -0.4 is 9.46 Å². The van der Waals surface area contributed by atoms with Gasteiger partial charge < -0.3 is 10.4 Å². The maximum atomic E-state index is 11.9. The van der Waals surface area contributed by atoms with Crippen molar-refractivity contribution in [2.24, 2.45) is 0 Å². The number of rotatable bonds is 2. The molecular formula is C16H24N4O2. The van der Waals surface area contributed by atoms with E-state index in [1.54, 1.807) is 12.7 Å². The summed E-state index contributed by atoms with van der Waals surface area (Å²) in [5.74, 6) is 0. The summed E-state index contributed by atoms with van der Waals surface area (Å²) in [7, 11) is 0. The zero-order valence-electron chi connectivity index (χ0n) is 13.7. The first-order valence-electron chi connectivity index (χ1n) is 7.96. The predicted molar refractivity (Wildman–Crippen MR) is 82.3 cm³/mol. The van der Waals surface area contributed by atoms with Gasteiger partial charge in [0, 0.05) is 27.7 Å². The topological polar surface area (TPSA) is 63.7 Å². The van der Waals surface area contributed by atoms with Crippen LogP contribution in [0.5, 0.6) is 0 Å². The fourth-order valence-electron chi connectivity index (χ4n) is 3.67. The molecule has 120 valence electrons. The first kappa shape index (κ1) is 14.9. The summed E-state index contributed by atoms with van der Waals surface area (Å²) in [6, 6.07) is 0.460. The zero-order valence-corrected chi connectivity index (χ0v) is 13.7. The highest BCUT2D eigenvalue weighted by Gasteiger charge is 2.37. The largest absolute Gasteiger partial charge is 0.711 e. The van der Waals surface area contributed by atoms with Crippen LogP contribution in [0.15, 0.2) is 12.7 Å². The summed E-state index contributed by atoms with van der Waals surface area (Å²) in [6.45, 7) is 7.70. The van der Waals surface area contributed by atoms with E-state index < -0.39 is 0 Å². The fraction of sp³-hybridized carbons (Fsp3) is 0.625. The average molecular weight is 304 g/mol. The Morgan fingerprint density at radius 1 is 0.818 bits per heavy atom. The lowest BCUT2D eigenvalue weighted by atomic mass is 9.89. The molecule has 2 aromatic heterocycles. The molecule has 0 radical (unpaired) electrons. The molecule has 1 fully saturated rings. The van der Waals surface area contributed by atoms with E-state index in [-0.39, 0.29) is 12.1 Å². The SMILES string of the molecule is Cc1c(C)[n+]([O-])cn1[C@H]1CCCC[C@@H]1n1c[n+]([O-])c(C)c1C. The Kier molecular flexibility index (Phi) is 3.62. The quantitative estimate of drug-likeness (QED) is 0.630. The fourth-order valence-corrected chi connectivity index (χ4v) is 3.67. The van der Waals surface area contributed by atoms with E-state index in [1.165, 1.54) is 0 Å². The molecule has 6 heteroatoms. The summed E-state index contributed by atoms with van der Waals surface area (Å²) < 4.78 is 6.11. The maximum absolute atomic E-state index is 11.9. The van der Waals surface area contributed by atoms with Crippen molar-refractivity contribution in [2.75, 3.05) is 0 Å². The Morgan fingerprint density at radius 2 is 1.18 bits per heavy atom. The van der Waals surface area contributed by atoms with Crippen LogP contribution in [0.4, 0.5) is 0 Å². The van der Waals surface area contributed by atoms with Gasteiger partial charge in [0.1, 0.15) is 34.9 Å². The van der Waals surface area contributed by atoms with Crippen molar-refractivity contribution in [3.63, 3.8) is 0 Å². The third-order valence-corrected chi connectivity index (χ3v) is 5.35. The lowest BCUT2D eigenvalue weighted by Gasteiger charge is -2.28. The van der Waals surface area contributed by atoms with Crippen molar-refractivity contribution in [3.8, 4) is 0 Å². The highest BCUT2D eigenvalue weighted by molar-refractivity contribution is 5.09. The minimum absolute atomic E-state index is 0.230. The number of hydrogen-bond donors (Lipinski definition) is 0. The monoisotopic (exact) mass is 304 g/mol. The summed E-state index contributed by atoms with van der Waals surface area (Å²) >= 11 is 0. The van der Waals surface area contributed by atoms with Crippen LogP contribution in [0.1, 0.15) is 60.5 Å². The Morgan fingerprint density at radius 3 is 1.45 bits per heavy atom. The standard InChI is InChI=1S/C16H24N4O2/c1-11-13(3)19(21)9-17(11)15-7-5-6-8-16(15)18-10-20(22)14(4)12(18)2/h9-10,15-16H,5-8H2,1-4H3/t15-,16-/m0/s1. The van der Waals surface area contributed by atoms with E-state index in [1.807, 2.05) is 27.7 Å². The van der Waals surface area contributed by atoms with E-state index in [2.05, 4.69) is 9.13 Å². The molecule has 0 bridgehead atoms. The van der Waals surface area contributed by atoms with Crippen LogP contribution in [0.25, 0.3) is 0 Å². The second-order valence-corrected chi connectivity index (χ2v) is 6.46. The minimum Gasteiger partial charge on any atom is -0.711 e. The lowest BCUT2D eigenvalue weighted by molar-refractivity contribution is -0.612. The van der Waals surface area contributed by atoms with Gasteiger partial charge in [-0.3, -0.25) is 0 Å². The van der Waals surface area contributed by atoms with E-state index in [9.17, 15) is 10.4 Å². The molecule has 3 rings (SSSR count). The number of aromatic nitrogens is 4. The van der Waals surface area contributed by atoms with Gasteiger partial charge in [0.15, 0.2) is 0 Å². The summed E-state index contributed by atoms with van der Waals surface area (Å²) in [4.78, 5) is 0. The number of nitrogens with zero attached hydrogens (tertiary/aromatic N) is 4. The van der Waals surface area contributed by atoms with Crippen molar-refractivity contribution in [2.45, 2.75) is 65.5 Å². The third kappa shape index (κ3) is 2.17. The van der Waals surface area contributed by atoms with Gasteiger partial charge in [0.05, 0.1) is 0 Å². The molecule has 1 saturated carbocycles. The van der Waals surface area contributed by atoms with Crippen LogP contribution >= 0.6 is 0 Å². The second kappa shape index (κ2) is 5.34. The van der Waals surface area contributed by atoms with Crippen LogP contribution in [-0.2, 0) is 0 Å². The van der Waals surface area contributed by atoms with Gasteiger partial charge in [-0.05, 0) is 25.7 Å². The molecule has 0 aromatic carbocycles. The van der Waals surface area contributed by atoms with Crippen LogP contribution in [-0.4, -0.2) is 9.13 Å². The van der Waals surface area contributed by atoms with E-state index in [0.29, 0.717) is 0 Å². The van der Waals surface area contributed by atoms with Crippen LogP contribution in [0, 0.1) is 38.1 Å². The number of imidazole rings is 2. The predicted octanol–water partition coefficient (Wildman–Crippen LogP) is 2.15. The Hall–Kier alpha value is -1.98. The van der Waals surface area contributed by atoms with Crippen molar-refractivity contribution in [1.82, 2.24) is 9.13 Å². The average Bonchev–Trinajstić information content (AvgIpc) is 2.92. The first-order valence-corrected chi connectivity index (χ1v) is 7.96. The Labute approximate surface area is 130 Å². The molecule has 0 aliphatic heterocycles. The molecule has 1 aliphatic carbocycles. The number of hydrogen-bond acceptors (Lipinski definition) is 2. The summed E-state index contributed by atoms with van der Waals surface area (Å²) in [6.07, 6.45) is 7.71. The molecule has 2 aromatic rings. The van der Waals surface area contributed by atoms with Gasteiger partial charge in [-0.1, -0.05) is 0 Å². The molecule has 6 nitrogen and oxygen atoms in total. The van der Waals surface area contributed by atoms with Crippen molar-refractivity contribution >= 4 is 0 Å². The van der Waals surface area contributed by atoms with Gasteiger partial charge in [0.25, 0.3) is 0 Å². The molecule has 1 aliphatic rings. The van der Waals surface area contributed by atoms with E-state index >= 15 is 0 Å². The Balaban J connectivity index is 2.04. The summed E-state index contributed by atoms with van der Waals surface area (Å²) in [5, 5.41) is 23.8. The highest BCUT2D eigenvalue weighted by atomic mass is 16.5. The van der Waals surface area contributed by atoms with E-state index in [0.717, 1.165) is 57.9 Å². The first-order chi connectivity index (χ1) is 10.4. The molecule has 0 spiro atoms. The molecule has 0 saturated heterocycles. The van der Waals surface area contributed by atoms with Crippen molar-refractivity contribution in [1.29, 1.82) is 0 Å². The van der Waals surface area contributed by atoms with E-state index in [4.69, 9.17) is 0 Å². The molecule has 2 heterocycles. The van der Waals surface area contributed by atoms with Crippen LogP contribution in [0.2, 0.25) is 0 Å². The highest BCUT2D eigenvalue weighted by Crippen LogP contribution is 2.39. The van der Waals surface area contributed by atoms with Crippen LogP contribution in [0.3, 0.4) is 0 Å². The third-order valence-electron chi connectivity index (χ3n) is 5.35. The lowest BCUT2D eigenvalue weighted by Crippen LogP contribution is -2.30. The molecule has 22 heavy (non-hydrogen) atoms. The minimum atomic E-state index is 0.230. The maximum Gasteiger partial charge on any atom is 0.247 e. The zero-order chi connectivity index (χ0) is 16.0.